The Morgan fingerprint density at radius 1 is 1.50 bits per heavy atom. The number of carbonyl (C=O) groups excluding carboxylic acids is 1. The van der Waals surface area contributed by atoms with Gasteiger partial charge in [0.1, 0.15) is 5.82 Å². The van der Waals surface area contributed by atoms with Crippen LogP contribution in [0.15, 0.2) is 0 Å². The number of nitrogens with one attached hydrogen (secondary N) is 2. The minimum Gasteiger partial charge on any atom is -0.376 e. The Labute approximate surface area is 118 Å². The average Bonchev–Trinajstić information content (AvgIpc) is 3.14. The largest absolute Gasteiger partial charge is 0.376 e. The van der Waals surface area contributed by atoms with Crippen molar-refractivity contribution < 1.29 is 9.53 Å². The molecule has 2 atom stereocenters. The van der Waals surface area contributed by atoms with Crippen molar-refractivity contribution in [1.29, 1.82) is 0 Å². The number of hydrogen-bond acceptors (Lipinski definition) is 4. The van der Waals surface area contributed by atoms with E-state index in [0.29, 0.717) is 6.54 Å². The zero-order valence-electron chi connectivity index (χ0n) is 11.8. The third-order valence-corrected chi connectivity index (χ3v) is 3.97. The molecule has 2 N–H and O–H groups in total. The number of ether oxygens (including phenoxy) is 1. The number of hydrogen-bond donors (Lipinski definition) is 2. The third kappa shape index (κ3) is 2.77. The Hall–Kier alpha value is -1.63. The van der Waals surface area contributed by atoms with E-state index in [-0.39, 0.29) is 18.2 Å². The Balaban J connectivity index is 1.47. The molecule has 0 radical (unpaired) electrons. The summed E-state index contributed by atoms with van der Waals surface area (Å²) in [4.78, 5) is 11.9. The van der Waals surface area contributed by atoms with Crippen LogP contribution in [-0.2, 0) is 24.2 Å². The quantitative estimate of drug-likeness (QED) is 0.845. The fourth-order valence-corrected chi connectivity index (χ4v) is 2.85. The fraction of sp³-hybridized carbons (Fsp3) is 0.769. The van der Waals surface area contributed by atoms with E-state index in [1.165, 1.54) is 0 Å². The topological polar surface area (TPSA) is 81.1 Å². The summed E-state index contributed by atoms with van der Waals surface area (Å²) >= 11 is 0. The Bertz CT molecular complexity index is 481. The van der Waals surface area contributed by atoms with Crippen molar-refractivity contribution in [2.24, 2.45) is 0 Å². The molecule has 0 aliphatic carbocycles. The molecule has 7 nitrogen and oxygen atoms in total. The van der Waals surface area contributed by atoms with Crippen LogP contribution >= 0.6 is 0 Å². The lowest BCUT2D eigenvalue weighted by Gasteiger charge is -2.20. The van der Waals surface area contributed by atoms with Crippen LogP contribution in [0.5, 0.6) is 0 Å². The van der Waals surface area contributed by atoms with E-state index < -0.39 is 0 Å². The lowest BCUT2D eigenvalue weighted by Crippen LogP contribution is -2.45. The molecule has 2 aliphatic heterocycles. The van der Waals surface area contributed by atoms with Gasteiger partial charge in [0.2, 0.25) is 0 Å². The van der Waals surface area contributed by atoms with Gasteiger partial charge in [-0.2, -0.15) is 0 Å². The summed E-state index contributed by atoms with van der Waals surface area (Å²) < 4.78 is 7.64. The number of nitrogens with zero attached hydrogens (tertiary/aromatic N) is 3. The van der Waals surface area contributed by atoms with Crippen molar-refractivity contribution in [2.75, 3.05) is 6.61 Å². The SMILES string of the molecule is C[C@@H](NC(=O)NCc1nnc2n1CCC2)[C@@H]1CCCO1. The Morgan fingerprint density at radius 3 is 3.20 bits per heavy atom. The molecule has 0 saturated carbocycles. The van der Waals surface area contributed by atoms with Crippen LogP contribution in [0, 0.1) is 0 Å². The first-order chi connectivity index (χ1) is 9.74. The maximum absolute atomic E-state index is 11.9. The molecule has 3 rings (SSSR count). The minimum absolute atomic E-state index is 0.0293. The molecule has 3 heterocycles. The highest BCUT2D eigenvalue weighted by atomic mass is 16.5. The van der Waals surface area contributed by atoms with Gasteiger partial charge in [-0.05, 0) is 26.2 Å². The number of aromatic nitrogens is 3. The van der Waals surface area contributed by atoms with E-state index in [1.54, 1.807) is 0 Å². The summed E-state index contributed by atoms with van der Waals surface area (Å²) in [6.45, 7) is 4.14. The zero-order chi connectivity index (χ0) is 13.9. The average molecular weight is 279 g/mol. The summed E-state index contributed by atoms with van der Waals surface area (Å²) in [6.07, 6.45) is 4.32. The molecule has 0 bridgehead atoms. The Morgan fingerprint density at radius 2 is 2.40 bits per heavy atom. The monoisotopic (exact) mass is 279 g/mol. The molecule has 1 fully saturated rings. The normalized spacial score (nSPS) is 22.6. The molecule has 110 valence electrons. The zero-order valence-corrected chi connectivity index (χ0v) is 11.8. The van der Waals surface area contributed by atoms with Crippen LogP contribution in [-0.4, -0.2) is 39.5 Å². The van der Waals surface area contributed by atoms with Crippen molar-refractivity contribution in [2.45, 2.75) is 57.8 Å². The van der Waals surface area contributed by atoms with E-state index in [2.05, 4.69) is 25.4 Å². The number of aryl methyl sites for hydroxylation is 1. The minimum atomic E-state index is -0.177. The predicted octanol–water partition coefficient (Wildman–Crippen LogP) is 0.591. The van der Waals surface area contributed by atoms with Crippen molar-refractivity contribution >= 4 is 6.03 Å². The summed E-state index contributed by atoms with van der Waals surface area (Å²) in [5.41, 5.74) is 0. The van der Waals surface area contributed by atoms with Gasteiger partial charge in [-0.15, -0.1) is 10.2 Å². The lowest BCUT2D eigenvalue weighted by molar-refractivity contribution is 0.0860. The van der Waals surface area contributed by atoms with Crippen LogP contribution in [0.1, 0.15) is 37.8 Å². The van der Waals surface area contributed by atoms with Gasteiger partial charge in [-0.25, -0.2) is 4.79 Å². The van der Waals surface area contributed by atoms with E-state index in [9.17, 15) is 4.79 Å². The van der Waals surface area contributed by atoms with Gasteiger partial charge in [0.25, 0.3) is 0 Å². The molecule has 1 saturated heterocycles. The van der Waals surface area contributed by atoms with Crippen LogP contribution in [0.2, 0.25) is 0 Å². The van der Waals surface area contributed by atoms with Crippen molar-refractivity contribution in [3.63, 3.8) is 0 Å². The highest BCUT2D eigenvalue weighted by Crippen LogP contribution is 2.15. The van der Waals surface area contributed by atoms with Crippen molar-refractivity contribution in [3.05, 3.63) is 11.6 Å². The maximum Gasteiger partial charge on any atom is 0.315 e. The van der Waals surface area contributed by atoms with Crippen LogP contribution in [0.4, 0.5) is 4.79 Å². The summed E-state index contributed by atoms with van der Waals surface area (Å²) in [5.74, 6) is 1.85. The molecule has 0 aromatic carbocycles. The molecule has 7 heteroatoms. The number of fused-ring (bicyclic) bond motifs is 1. The van der Waals surface area contributed by atoms with Gasteiger partial charge in [-0.1, -0.05) is 0 Å². The van der Waals surface area contributed by atoms with Crippen LogP contribution in [0.3, 0.4) is 0 Å². The smallest absolute Gasteiger partial charge is 0.315 e. The van der Waals surface area contributed by atoms with Gasteiger partial charge in [0.05, 0.1) is 18.7 Å². The first-order valence-electron chi connectivity index (χ1n) is 7.31. The molecule has 1 aromatic heterocycles. The molecular formula is C13H21N5O2. The van der Waals surface area contributed by atoms with Gasteiger partial charge in [0, 0.05) is 19.6 Å². The number of rotatable bonds is 4. The number of amides is 2. The van der Waals surface area contributed by atoms with E-state index >= 15 is 0 Å². The summed E-state index contributed by atoms with van der Waals surface area (Å²) in [7, 11) is 0. The highest BCUT2D eigenvalue weighted by Gasteiger charge is 2.24. The lowest BCUT2D eigenvalue weighted by atomic mass is 10.1. The second-order valence-electron chi connectivity index (χ2n) is 5.45. The molecule has 2 amide bonds. The molecule has 0 unspecified atom stereocenters. The van der Waals surface area contributed by atoms with Crippen molar-refractivity contribution in [1.82, 2.24) is 25.4 Å². The first kappa shape index (κ1) is 13.4. The summed E-state index contributed by atoms with van der Waals surface area (Å²) in [5, 5.41) is 14.0. The first-order valence-corrected chi connectivity index (χ1v) is 7.31. The standard InChI is InChI=1S/C13H21N5O2/c1-9(10-4-3-7-20-10)15-13(19)14-8-12-17-16-11-5-2-6-18(11)12/h9-10H,2-8H2,1H3,(H2,14,15,19)/t9-,10+/m1/s1. The van der Waals surface area contributed by atoms with Gasteiger partial charge >= 0.3 is 6.03 Å². The van der Waals surface area contributed by atoms with E-state index in [0.717, 1.165) is 50.5 Å². The number of carbonyl (C=O) groups is 1. The van der Waals surface area contributed by atoms with Crippen LogP contribution in [0.25, 0.3) is 0 Å². The van der Waals surface area contributed by atoms with Gasteiger partial charge < -0.3 is 19.9 Å². The summed E-state index contributed by atoms with van der Waals surface area (Å²) in [6, 6.07) is -0.148. The third-order valence-electron chi connectivity index (χ3n) is 3.97. The van der Waals surface area contributed by atoms with E-state index in [1.807, 2.05) is 6.92 Å². The number of urea groups is 1. The van der Waals surface area contributed by atoms with Crippen LogP contribution < -0.4 is 10.6 Å². The second-order valence-corrected chi connectivity index (χ2v) is 5.45. The molecule has 0 spiro atoms. The Kier molecular flexibility index (Phi) is 3.86. The van der Waals surface area contributed by atoms with Crippen molar-refractivity contribution in [3.8, 4) is 0 Å². The molecule has 1 aromatic rings. The second kappa shape index (κ2) is 5.78. The fourth-order valence-electron chi connectivity index (χ4n) is 2.85. The molecule has 20 heavy (non-hydrogen) atoms. The van der Waals surface area contributed by atoms with Gasteiger partial charge in [0.15, 0.2) is 5.82 Å². The highest BCUT2D eigenvalue weighted by molar-refractivity contribution is 5.74. The molecular weight excluding hydrogens is 258 g/mol. The van der Waals surface area contributed by atoms with Gasteiger partial charge in [-0.3, -0.25) is 0 Å². The molecule has 2 aliphatic rings. The maximum atomic E-state index is 11.9. The predicted molar refractivity (Wildman–Crippen MR) is 72.2 cm³/mol. The van der Waals surface area contributed by atoms with E-state index in [4.69, 9.17) is 4.74 Å².